The lowest BCUT2D eigenvalue weighted by Crippen LogP contribution is -2.66. The van der Waals surface area contributed by atoms with Crippen molar-refractivity contribution in [2.24, 2.45) is 0 Å². The molecule has 0 rings (SSSR count). The van der Waals surface area contributed by atoms with Crippen LogP contribution in [-0.4, -0.2) is 50.6 Å². The van der Waals surface area contributed by atoms with Crippen molar-refractivity contribution in [2.45, 2.75) is 35.5 Å². The molecule has 0 saturated heterocycles. The van der Waals surface area contributed by atoms with Crippen molar-refractivity contribution in [2.75, 3.05) is 6.67 Å². The lowest BCUT2D eigenvalue weighted by atomic mass is 10.2. The van der Waals surface area contributed by atoms with Crippen molar-refractivity contribution in [3.05, 3.63) is 12.1 Å². The van der Waals surface area contributed by atoms with Crippen LogP contribution in [0.5, 0.6) is 0 Å². The maximum Gasteiger partial charge on any atom is 0.471 e. The Labute approximate surface area is 158 Å². The van der Waals surface area contributed by atoms with E-state index in [2.05, 4.69) is 0 Å². The third-order valence-electron chi connectivity index (χ3n) is 2.46. The molecule has 1 unspecified atom stereocenters. The van der Waals surface area contributed by atoms with Crippen LogP contribution in [0.25, 0.3) is 0 Å². The summed E-state index contributed by atoms with van der Waals surface area (Å²) >= 11 is 0. The smallest absolute Gasteiger partial charge is 0.398 e. The average molecular weight is 526 g/mol. The SMILES string of the molecule is O=S(=O)(F)C(F)(F)C(F)(F)OC(F)(F)C(F)(OC(F)(F)CF)C(F)(F)OC(F)=C(F)F. The van der Waals surface area contributed by atoms with E-state index in [0.29, 0.717) is 0 Å². The molecule has 0 aromatic heterocycles. The van der Waals surface area contributed by atoms with Crippen LogP contribution in [0.3, 0.4) is 0 Å². The van der Waals surface area contributed by atoms with Crippen molar-refractivity contribution in [3.63, 3.8) is 0 Å². The Bertz CT molecular complexity index is 789. The van der Waals surface area contributed by atoms with Gasteiger partial charge in [0.1, 0.15) is 0 Å². The summed E-state index contributed by atoms with van der Waals surface area (Å²) in [6, 6.07) is -4.06. The summed E-state index contributed by atoms with van der Waals surface area (Å²) in [5.74, 6) is -7.60. The normalized spacial score (nSPS) is 16.6. The Hall–Kier alpha value is -1.71. The van der Waals surface area contributed by atoms with E-state index in [1.165, 1.54) is 4.74 Å². The molecule has 0 N–H and O–H groups in total. The largest absolute Gasteiger partial charge is 0.471 e. The van der Waals surface area contributed by atoms with Crippen LogP contribution in [0.4, 0.5) is 69.7 Å². The van der Waals surface area contributed by atoms with Crippen molar-refractivity contribution in [1.82, 2.24) is 0 Å². The fourth-order valence-corrected chi connectivity index (χ4v) is 1.49. The molecule has 22 heteroatoms. The van der Waals surface area contributed by atoms with Gasteiger partial charge in [-0.2, -0.15) is 69.9 Å². The summed E-state index contributed by atoms with van der Waals surface area (Å²) in [5.41, 5.74) is 0. The summed E-state index contributed by atoms with van der Waals surface area (Å²) in [5, 5.41) is -7.46. The highest BCUT2D eigenvalue weighted by molar-refractivity contribution is 7.87. The van der Waals surface area contributed by atoms with Crippen molar-refractivity contribution >= 4 is 10.2 Å². The molecule has 0 heterocycles. The maximum absolute atomic E-state index is 14.0. The van der Waals surface area contributed by atoms with Crippen LogP contribution in [0, 0.1) is 0 Å². The molecule has 5 nitrogen and oxygen atoms in total. The predicted molar refractivity (Wildman–Crippen MR) is 58.2 cm³/mol. The highest BCUT2D eigenvalue weighted by atomic mass is 32.3. The minimum absolute atomic E-state index is 1.42. The van der Waals surface area contributed by atoms with Crippen LogP contribution in [-0.2, 0) is 24.4 Å². The van der Waals surface area contributed by atoms with E-state index in [1.54, 1.807) is 0 Å². The Morgan fingerprint density at radius 3 is 1.45 bits per heavy atom. The monoisotopic (exact) mass is 526 g/mol. The highest BCUT2D eigenvalue weighted by Crippen LogP contribution is 2.54. The van der Waals surface area contributed by atoms with Crippen molar-refractivity contribution < 1.29 is 92.4 Å². The average Bonchev–Trinajstić information content (AvgIpc) is 2.51. The summed E-state index contributed by atoms with van der Waals surface area (Å²) in [7, 11) is -7.98. The molecule has 31 heavy (non-hydrogen) atoms. The van der Waals surface area contributed by atoms with Gasteiger partial charge in [-0.1, -0.05) is 3.89 Å². The zero-order chi connectivity index (χ0) is 25.5. The van der Waals surface area contributed by atoms with Gasteiger partial charge in [-0.15, -0.1) is 0 Å². The number of halogens is 16. The molecule has 0 aliphatic heterocycles. The quantitative estimate of drug-likeness (QED) is 0.216. The minimum Gasteiger partial charge on any atom is -0.398 e. The number of hydrogen-bond acceptors (Lipinski definition) is 5. The van der Waals surface area contributed by atoms with Gasteiger partial charge < -0.3 is 4.74 Å². The first kappa shape index (κ1) is 29.3. The van der Waals surface area contributed by atoms with E-state index >= 15 is 0 Å². The van der Waals surface area contributed by atoms with E-state index in [4.69, 9.17) is 0 Å². The third kappa shape index (κ3) is 5.75. The van der Waals surface area contributed by atoms with Gasteiger partial charge in [0.05, 0.1) is 0 Å². The van der Waals surface area contributed by atoms with Gasteiger partial charge in [0.15, 0.2) is 6.67 Å². The number of hydrogen-bond donors (Lipinski definition) is 0. The Balaban J connectivity index is 6.69. The highest BCUT2D eigenvalue weighted by Gasteiger charge is 2.83. The van der Waals surface area contributed by atoms with Gasteiger partial charge in [-0.25, -0.2) is 9.13 Å². The van der Waals surface area contributed by atoms with E-state index in [0.717, 1.165) is 0 Å². The second kappa shape index (κ2) is 8.33. The van der Waals surface area contributed by atoms with Crippen molar-refractivity contribution in [3.8, 4) is 0 Å². The molecule has 0 radical (unpaired) electrons. The summed E-state index contributed by atoms with van der Waals surface area (Å²) in [4.78, 5) is 0. The maximum atomic E-state index is 14.0. The van der Waals surface area contributed by atoms with Gasteiger partial charge in [0, 0.05) is 0 Å². The van der Waals surface area contributed by atoms with Crippen LogP contribution in [0.1, 0.15) is 0 Å². The van der Waals surface area contributed by atoms with Gasteiger partial charge in [-0.05, 0) is 0 Å². The van der Waals surface area contributed by atoms with Crippen LogP contribution in [0.15, 0.2) is 12.1 Å². The lowest BCUT2D eigenvalue weighted by Gasteiger charge is -2.39. The molecule has 0 bridgehead atoms. The third-order valence-corrected chi connectivity index (χ3v) is 3.31. The summed E-state index contributed by atoms with van der Waals surface area (Å²) in [6.07, 6.45) is -33.1. The molecule has 0 aliphatic rings. The number of alkyl halides is 12. The Morgan fingerprint density at radius 1 is 0.710 bits per heavy atom. The first-order valence-corrected chi connectivity index (χ1v) is 7.57. The fraction of sp³-hybridized carbons (Fsp3) is 0.778. The van der Waals surface area contributed by atoms with Gasteiger partial charge in [0.25, 0.3) is 0 Å². The van der Waals surface area contributed by atoms with Crippen LogP contribution >= 0.6 is 0 Å². The summed E-state index contributed by atoms with van der Waals surface area (Å²) in [6.45, 7) is -3.58. The predicted octanol–water partition coefficient (Wildman–Crippen LogP) is 4.97. The first-order chi connectivity index (χ1) is 13.3. The second-order valence-electron chi connectivity index (χ2n) is 4.71. The molecular weight excluding hydrogens is 524 g/mol. The molecule has 186 valence electrons. The van der Waals surface area contributed by atoms with E-state index in [1.807, 2.05) is 9.47 Å². The lowest BCUT2D eigenvalue weighted by molar-refractivity contribution is -0.544. The second-order valence-corrected chi connectivity index (χ2v) is 6.10. The van der Waals surface area contributed by atoms with Gasteiger partial charge in [-0.3, -0.25) is 4.74 Å². The molecule has 0 aromatic carbocycles. The zero-order valence-corrected chi connectivity index (χ0v) is 14.0. The van der Waals surface area contributed by atoms with Gasteiger partial charge >= 0.3 is 57.9 Å². The number of ether oxygens (including phenoxy) is 3. The van der Waals surface area contributed by atoms with Gasteiger partial charge in [0.2, 0.25) is 0 Å². The Morgan fingerprint density at radius 2 is 1.13 bits per heavy atom. The van der Waals surface area contributed by atoms with E-state index in [9.17, 15) is 78.2 Å². The Kier molecular flexibility index (Phi) is 7.87. The van der Waals surface area contributed by atoms with Crippen LogP contribution in [0.2, 0.25) is 0 Å². The topological polar surface area (TPSA) is 61.8 Å². The van der Waals surface area contributed by atoms with E-state index in [-0.39, 0.29) is 0 Å². The molecule has 0 fully saturated rings. The molecular formula is C9H2F16O5S. The minimum atomic E-state index is -7.98. The summed E-state index contributed by atoms with van der Waals surface area (Å²) < 4.78 is 229. The first-order valence-electron chi connectivity index (χ1n) is 6.18. The van der Waals surface area contributed by atoms with Crippen LogP contribution < -0.4 is 0 Å². The number of rotatable bonds is 11. The molecule has 0 saturated carbocycles. The fourth-order valence-electron chi connectivity index (χ4n) is 1.17. The van der Waals surface area contributed by atoms with E-state index < -0.39 is 64.5 Å². The zero-order valence-electron chi connectivity index (χ0n) is 13.2. The van der Waals surface area contributed by atoms with Crippen molar-refractivity contribution in [1.29, 1.82) is 0 Å². The molecule has 1 atom stereocenters. The molecule has 0 amide bonds. The standard InChI is InChI=1S/C9H2F16O5S/c10-1-4(14,15)29-5(16,6(17,18)28-3(13)2(11)12)7(19,20)30-8(21,22)9(23,24)31(25,26)27/h1H2. The molecule has 0 spiro atoms. The molecule has 0 aromatic rings. The molecule has 0 aliphatic carbocycles.